The number of aliphatic hydroxyl groups excluding tert-OH is 3. The number of rotatable bonds is 2. The average molecular weight is 272 g/mol. The van der Waals surface area contributed by atoms with Gasteiger partial charge in [-0.25, -0.2) is 0 Å². The van der Waals surface area contributed by atoms with Crippen molar-refractivity contribution in [3.63, 3.8) is 0 Å². The molecule has 0 bridgehead atoms. The number of hydrogen-bond donors (Lipinski definition) is 4. The van der Waals surface area contributed by atoms with E-state index in [1.54, 1.807) is 0 Å². The van der Waals surface area contributed by atoms with E-state index in [0.717, 1.165) is 0 Å². The van der Waals surface area contributed by atoms with Gasteiger partial charge in [-0.2, -0.15) is 0 Å². The Bertz CT molecular complexity index is 590. The van der Waals surface area contributed by atoms with E-state index in [9.17, 15) is 15.0 Å². The van der Waals surface area contributed by atoms with Crippen LogP contribution in [0.1, 0.15) is 12.6 Å². The number of aliphatic hydroxyl groups is 3. The fourth-order valence-electron chi connectivity index (χ4n) is 1.70. The fraction of sp³-hybridized carbons (Fsp3) is 0.400. The van der Waals surface area contributed by atoms with Crippen LogP contribution in [-0.2, 0) is 4.74 Å². The summed E-state index contributed by atoms with van der Waals surface area (Å²) in [4.78, 5) is 13.4. The Morgan fingerprint density at radius 3 is 2.94 bits per heavy atom. The number of aromatic amines is 1. The van der Waals surface area contributed by atoms with Crippen LogP contribution in [0.3, 0.4) is 0 Å². The van der Waals surface area contributed by atoms with Crippen LogP contribution >= 0.6 is 12.2 Å². The van der Waals surface area contributed by atoms with Gasteiger partial charge >= 0.3 is 0 Å². The third-order valence-electron chi connectivity index (χ3n) is 2.59. The van der Waals surface area contributed by atoms with Crippen molar-refractivity contribution >= 4 is 12.2 Å². The van der Waals surface area contributed by atoms with E-state index in [-0.39, 0.29) is 28.3 Å². The van der Waals surface area contributed by atoms with Crippen LogP contribution in [0.2, 0.25) is 0 Å². The van der Waals surface area contributed by atoms with Gasteiger partial charge in [-0.1, -0.05) is 0 Å². The highest BCUT2D eigenvalue weighted by Crippen LogP contribution is 2.28. The monoisotopic (exact) mass is 272 g/mol. The van der Waals surface area contributed by atoms with Crippen LogP contribution in [0.15, 0.2) is 28.6 Å². The molecule has 0 saturated carbocycles. The summed E-state index contributed by atoms with van der Waals surface area (Å²) in [7, 11) is 0. The summed E-state index contributed by atoms with van der Waals surface area (Å²) in [5.41, 5.74) is -0.359. The normalized spacial score (nSPS) is 23.9. The minimum atomic E-state index is -1.03. The van der Waals surface area contributed by atoms with Crippen molar-refractivity contribution in [3.8, 4) is 0 Å². The molecule has 1 aliphatic rings. The van der Waals surface area contributed by atoms with Gasteiger partial charge in [0.1, 0.15) is 18.5 Å². The van der Waals surface area contributed by atoms with Gasteiger partial charge in [0.25, 0.3) is 5.56 Å². The number of ether oxygens (including phenoxy) is 1. The Morgan fingerprint density at radius 1 is 1.61 bits per heavy atom. The van der Waals surface area contributed by atoms with E-state index >= 15 is 0 Å². The summed E-state index contributed by atoms with van der Waals surface area (Å²) in [5.74, 6) is -0.212. The van der Waals surface area contributed by atoms with Crippen molar-refractivity contribution in [1.82, 2.24) is 9.55 Å². The molecule has 2 rings (SSSR count). The molecule has 1 aromatic rings. The van der Waals surface area contributed by atoms with Gasteiger partial charge in [0.15, 0.2) is 10.5 Å². The molecule has 0 aromatic carbocycles. The van der Waals surface area contributed by atoms with Gasteiger partial charge in [0.05, 0.1) is 0 Å². The number of nitrogens with one attached hydrogen (secondary N) is 1. The molecule has 18 heavy (non-hydrogen) atoms. The molecular formula is C10H12N2O5S. The molecule has 1 aromatic heterocycles. The highest BCUT2D eigenvalue weighted by Gasteiger charge is 2.31. The van der Waals surface area contributed by atoms with Crippen molar-refractivity contribution in [1.29, 1.82) is 0 Å². The molecule has 1 aliphatic heterocycles. The lowest BCUT2D eigenvalue weighted by Gasteiger charge is -2.31. The van der Waals surface area contributed by atoms with Crippen LogP contribution < -0.4 is 5.56 Å². The second kappa shape index (κ2) is 4.92. The molecule has 0 amide bonds. The van der Waals surface area contributed by atoms with Gasteiger partial charge in [-0.15, -0.1) is 0 Å². The first-order valence-corrected chi connectivity index (χ1v) is 5.62. The Morgan fingerprint density at radius 2 is 2.33 bits per heavy atom. The quantitative estimate of drug-likeness (QED) is 0.562. The van der Waals surface area contributed by atoms with Gasteiger partial charge in [-0.3, -0.25) is 14.3 Å². The second-order valence-electron chi connectivity index (χ2n) is 3.83. The van der Waals surface area contributed by atoms with Crippen LogP contribution in [0.25, 0.3) is 0 Å². The van der Waals surface area contributed by atoms with Gasteiger partial charge < -0.3 is 20.1 Å². The molecule has 2 heterocycles. The summed E-state index contributed by atoms with van der Waals surface area (Å²) in [6.07, 6.45) is -0.598. The van der Waals surface area contributed by atoms with Crippen molar-refractivity contribution < 1.29 is 20.1 Å². The van der Waals surface area contributed by atoms with E-state index < -0.39 is 18.9 Å². The molecule has 4 N–H and O–H groups in total. The van der Waals surface area contributed by atoms with Crippen LogP contribution in [0, 0.1) is 4.77 Å². The van der Waals surface area contributed by atoms with Crippen LogP contribution in [0.5, 0.6) is 0 Å². The standard InChI is InChI=1S/C10H12N2O5S/c13-4-7-5(14)3-6(15)9(17-7)12-2-1-8(16)11-10(12)18/h1-2,6,9,13-15H,3-4H2,(H,11,16,18)/t6?,9-/m1/s1. The van der Waals surface area contributed by atoms with Gasteiger partial charge in [-0.05, 0) is 12.2 Å². The topological polar surface area (TPSA) is 108 Å². The van der Waals surface area contributed by atoms with Crippen molar-refractivity contribution in [3.05, 3.63) is 38.9 Å². The number of nitrogens with zero attached hydrogens (tertiary/aromatic N) is 1. The zero-order valence-corrected chi connectivity index (χ0v) is 10.1. The van der Waals surface area contributed by atoms with E-state index in [0.29, 0.717) is 0 Å². The highest BCUT2D eigenvalue weighted by molar-refractivity contribution is 7.71. The largest absolute Gasteiger partial charge is 0.509 e. The Balaban J connectivity index is 2.40. The molecular weight excluding hydrogens is 260 g/mol. The number of hydrogen-bond acceptors (Lipinski definition) is 6. The minimum Gasteiger partial charge on any atom is -0.509 e. The molecule has 0 fully saturated rings. The van der Waals surface area contributed by atoms with Crippen molar-refractivity contribution in [2.24, 2.45) is 0 Å². The maximum Gasteiger partial charge on any atom is 0.251 e. The maximum absolute atomic E-state index is 11.1. The Hall–Kier alpha value is -1.64. The third kappa shape index (κ3) is 2.30. The van der Waals surface area contributed by atoms with Crippen LogP contribution in [-0.4, -0.2) is 37.6 Å². The minimum absolute atomic E-state index is 0.0154. The molecule has 2 atom stereocenters. The summed E-state index contributed by atoms with van der Waals surface area (Å²) in [5, 5.41) is 28.3. The summed E-state index contributed by atoms with van der Waals surface area (Å²) in [6, 6.07) is 1.24. The van der Waals surface area contributed by atoms with E-state index in [1.807, 2.05) is 0 Å². The van der Waals surface area contributed by atoms with Crippen molar-refractivity contribution in [2.45, 2.75) is 18.8 Å². The second-order valence-corrected chi connectivity index (χ2v) is 4.21. The lowest BCUT2D eigenvalue weighted by Crippen LogP contribution is -2.33. The zero-order valence-electron chi connectivity index (χ0n) is 9.24. The SMILES string of the molecule is O=c1ccn([C@@H]2OC(CO)=C(O)CC2O)c(=S)[nH]1. The predicted molar refractivity (Wildman–Crippen MR) is 63.4 cm³/mol. The molecule has 7 nitrogen and oxygen atoms in total. The predicted octanol–water partition coefficient (Wildman–Crippen LogP) is -0.0524. The smallest absolute Gasteiger partial charge is 0.251 e. The first-order valence-electron chi connectivity index (χ1n) is 5.21. The van der Waals surface area contributed by atoms with Gasteiger partial charge in [0, 0.05) is 18.7 Å². The van der Waals surface area contributed by atoms with E-state index in [4.69, 9.17) is 22.1 Å². The zero-order chi connectivity index (χ0) is 13.3. The average Bonchev–Trinajstić information content (AvgIpc) is 2.30. The molecule has 0 radical (unpaired) electrons. The molecule has 98 valence electrons. The number of H-pyrrole nitrogens is 1. The Labute approximate surface area is 107 Å². The Kier molecular flexibility index (Phi) is 3.50. The fourth-order valence-corrected chi connectivity index (χ4v) is 1.97. The van der Waals surface area contributed by atoms with Gasteiger partial charge in [0.2, 0.25) is 6.23 Å². The summed E-state index contributed by atoms with van der Waals surface area (Å²) < 4.78 is 6.71. The molecule has 0 spiro atoms. The maximum atomic E-state index is 11.1. The third-order valence-corrected chi connectivity index (χ3v) is 2.90. The molecule has 1 unspecified atom stereocenters. The van der Waals surface area contributed by atoms with Crippen LogP contribution in [0.4, 0.5) is 0 Å². The summed E-state index contributed by atoms with van der Waals surface area (Å²) >= 11 is 4.95. The van der Waals surface area contributed by atoms with E-state index in [2.05, 4.69) is 4.98 Å². The highest BCUT2D eigenvalue weighted by atomic mass is 32.1. The first-order chi connectivity index (χ1) is 8.52. The lowest BCUT2D eigenvalue weighted by atomic mass is 10.1. The van der Waals surface area contributed by atoms with E-state index in [1.165, 1.54) is 16.8 Å². The summed E-state index contributed by atoms with van der Waals surface area (Å²) in [6.45, 7) is -0.480. The lowest BCUT2D eigenvalue weighted by molar-refractivity contribution is -0.0842. The molecule has 0 aliphatic carbocycles. The molecule has 0 saturated heterocycles. The van der Waals surface area contributed by atoms with Crippen molar-refractivity contribution in [2.75, 3.05) is 6.61 Å². The number of aromatic nitrogens is 2. The first kappa shape index (κ1) is 12.8. The molecule has 8 heteroatoms.